The lowest BCUT2D eigenvalue weighted by Crippen LogP contribution is -2.31. The van der Waals surface area contributed by atoms with Gasteiger partial charge in [-0.25, -0.2) is 4.79 Å². The van der Waals surface area contributed by atoms with Crippen molar-refractivity contribution in [1.82, 2.24) is 5.32 Å². The van der Waals surface area contributed by atoms with Gasteiger partial charge in [-0.2, -0.15) is 0 Å². The van der Waals surface area contributed by atoms with Gasteiger partial charge in [0.1, 0.15) is 6.61 Å². The van der Waals surface area contributed by atoms with Crippen LogP contribution in [0.4, 0.5) is 4.79 Å². The molecule has 92 valence electrons. The Kier molecular flexibility index (Phi) is 5.74. The molecule has 0 spiro atoms. The molecule has 1 aromatic rings. The molecule has 0 fully saturated rings. The van der Waals surface area contributed by atoms with E-state index in [0.717, 1.165) is 5.56 Å². The zero-order valence-electron chi connectivity index (χ0n) is 9.52. The molecule has 5 nitrogen and oxygen atoms in total. The Labute approximate surface area is 99.9 Å². The fourth-order valence-electron chi connectivity index (χ4n) is 1.20. The van der Waals surface area contributed by atoms with Gasteiger partial charge in [-0.15, -0.1) is 0 Å². The first-order valence-electron chi connectivity index (χ1n) is 5.43. The molecule has 0 radical (unpaired) electrons. The van der Waals surface area contributed by atoms with Gasteiger partial charge in [0.2, 0.25) is 5.91 Å². The van der Waals surface area contributed by atoms with Crippen LogP contribution in [0.15, 0.2) is 30.3 Å². The van der Waals surface area contributed by atoms with E-state index in [9.17, 15) is 9.59 Å². The second-order valence-corrected chi connectivity index (χ2v) is 3.50. The predicted octanol–water partition coefficient (Wildman–Crippen LogP) is 1.18. The Bertz CT molecular complexity index is 365. The van der Waals surface area contributed by atoms with Crippen molar-refractivity contribution in [1.29, 1.82) is 0 Å². The number of nitrogens with two attached hydrogens (primary N) is 1. The minimum Gasteiger partial charge on any atom is -0.444 e. The minimum absolute atomic E-state index is 0.150. The normalized spacial score (nSPS) is 9.71. The molecule has 0 atom stereocenters. The summed E-state index contributed by atoms with van der Waals surface area (Å²) in [5.41, 5.74) is 6.12. The molecule has 0 saturated carbocycles. The van der Waals surface area contributed by atoms with Gasteiger partial charge in [-0.05, 0) is 18.5 Å². The molecule has 1 rings (SSSR count). The second kappa shape index (κ2) is 7.40. The Morgan fingerprint density at radius 1 is 1.24 bits per heavy atom. The Hall–Kier alpha value is -1.88. The molecule has 0 saturated heterocycles. The van der Waals surface area contributed by atoms with Gasteiger partial charge in [0.05, 0.1) is 0 Å². The topological polar surface area (TPSA) is 81.4 Å². The fourth-order valence-corrected chi connectivity index (χ4v) is 1.20. The van der Waals surface area contributed by atoms with E-state index in [1.165, 1.54) is 0 Å². The molecular formula is C12H16N2O3. The maximum absolute atomic E-state index is 11.2. The highest BCUT2D eigenvalue weighted by molar-refractivity contribution is 5.91. The van der Waals surface area contributed by atoms with Crippen LogP contribution >= 0.6 is 0 Å². The van der Waals surface area contributed by atoms with Crippen molar-refractivity contribution in [3.05, 3.63) is 35.9 Å². The Balaban J connectivity index is 2.24. The number of amides is 2. The molecule has 0 aliphatic carbocycles. The van der Waals surface area contributed by atoms with Crippen LogP contribution in [0.3, 0.4) is 0 Å². The number of hydrogen-bond donors (Lipinski definition) is 2. The van der Waals surface area contributed by atoms with Gasteiger partial charge in [0.15, 0.2) is 0 Å². The molecule has 0 aromatic heterocycles. The summed E-state index contributed by atoms with van der Waals surface area (Å²) >= 11 is 0. The van der Waals surface area contributed by atoms with E-state index >= 15 is 0 Å². The monoisotopic (exact) mass is 236 g/mol. The van der Waals surface area contributed by atoms with Crippen LogP contribution in [0.2, 0.25) is 0 Å². The van der Waals surface area contributed by atoms with Crippen LogP contribution in [0.1, 0.15) is 18.4 Å². The zero-order valence-corrected chi connectivity index (χ0v) is 9.52. The third-order valence-electron chi connectivity index (χ3n) is 2.06. The first kappa shape index (κ1) is 13.2. The van der Waals surface area contributed by atoms with Crippen molar-refractivity contribution < 1.29 is 14.3 Å². The molecule has 5 heteroatoms. The highest BCUT2D eigenvalue weighted by Crippen LogP contribution is 2.00. The SMILES string of the molecule is NCCCC(=O)NC(=O)OCc1ccccc1. The summed E-state index contributed by atoms with van der Waals surface area (Å²) in [5, 5.41) is 2.13. The molecular weight excluding hydrogens is 220 g/mol. The standard InChI is InChI=1S/C12H16N2O3/c13-8-4-7-11(15)14-12(16)17-9-10-5-2-1-3-6-10/h1-3,5-6H,4,7-9,13H2,(H,14,15,16). The first-order valence-corrected chi connectivity index (χ1v) is 5.43. The number of rotatable bonds is 5. The molecule has 0 aliphatic heterocycles. The van der Waals surface area contributed by atoms with E-state index < -0.39 is 6.09 Å². The summed E-state index contributed by atoms with van der Waals surface area (Å²) in [4.78, 5) is 22.4. The van der Waals surface area contributed by atoms with E-state index in [-0.39, 0.29) is 18.9 Å². The van der Waals surface area contributed by atoms with Crippen molar-refractivity contribution in [2.75, 3.05) is 6.54 Å². The largest absolute Gasteiger partial charge is 0.444 e. The van der Waals surface area contributed by atoms with E-state index in [1.807, 2.05) is 30.3 Å². The van der Waals surface area contributed by atoms with E-state index in [1.54, 1.807) is 0 Å². The van der Waals surface area contributed by atoms with E-state index in [2.05, 4.69) is 5.32 Å². The lowest BCUT2D eigenvalue weighted by molar-refractivity contribution is -0.120. The summed E-state index contributed by atoms with van der Waals surface area (Å²) in [7, 11) is 0. The number of carbonyl (C=O) groups is 2. The molecule has 0 heterocycles. The fraction of sp³-hybridized carbons (Fsp3) is 0.333. The van der Waals surface area contributed by atoms with Crippen molar-refractivity contribution >= 4 is 12.0 Å². The summed E-state index contributed by atoms with van der Waals surface area (Å²) in [6.45, 7) is 0.573. The number of benzene rings is 1. The summed E-state index contributed by atoms with van der Waals surface area (Å²) < 4.78 is 4.88. The average molecular weight is 236 g/mol. The van der Waals surface area contributed by atoms with Crippen LogP contribution < -0.4 is 11.1 Å². The third-order valence-corrected chi connectivity index (χ3v) is 2.06. The van der Waals surface area contributed by atoms with Crippen LogP contribution in [-0.2, 0) is 16.1 Å². The van der Waals surface area contributed by atoms with Crippen molar-refractivity contribution in [2.45, 2.75) is 19.4 Å². The van der Waals surface area contributed by atoms with Gasteiger partial charge in [-0.1, -0.05) is 30.3 Å². The highest BCUT2D eigenvalue weighted by atomic mass is 16.5. The molecule has 17 heavy (non-hydrogen) atoms. The van der Waals surface area contributed by atoms with Gasteiger partial charge in [0.25, 0.3) is 0 Å². The number of hydrogen-bond acceptors (Lipinski definition) is 4. The third kappa shape index (κ3) is 5.67. The summed E-state index contributed by atoms with van der Waals surface area (Å²) in [6.07, 6.45) is 0.0604. The lowest BCUT2D eigenvalue weighted by Gasteiger charge is -2.05. The van der Waals surface area contributed by atoms with E-state index in [4.69, 9.17) is 10.5 Å². The number of carbonyl (C=O) groups excluding carboxylic acids is 2. The van der Waals surface area contributed by atoms with Crippen LogP contribution in [0.25, 0.3) is 0 Å². The molecule has 1 aromatic carbocycles. The summed E-state index contributed by atoms with van der Waals surface area (Å²) in [6, 6.07) is 9.25. The van der Waals surface area contributed by atoms with E-state index in [0.29, 0.717) is 13.0 Å². The van der Waals surface area contributed by atoms with Gasteiger partial charge < -0.3 is 10.5 Å². The predicted molar refractivity (Wildman–Crippen MR) is 63.1 cm³/mol. The van der Waals surface area contributed by atoms with Crippen molar-refractivity contribution in [2.24, 2.45) is 5.73 Å². The van der Waals surface area contributed by atoms with Gasteiger partial charge in [-0.3, -0.25) is 10.1 Å². The molecule has 0 bridgehead atoms. The Morgan fingerprint density at radius 2 is 1.94 bits per heavy atom. The minimum atomic E-state index is -0.726. The number of ether oxygens (including phenoxy) is 1. The number of imide groups is 1. The average Bonchev–Trinajstić information content (AvgIpc) is 2.35. The second-order valence-electron chi connectivity index (χ2n) is 3.50. The molecule has 0 aliphatic rings. The first-order chi connectivity index (χ1) is 8.22. The maximum atomic E-state index is 11.2. The maximum Gasteiger partial charge on any atom is 0.414 e. The Morgan fingerprint density at radius 3 is 2.59 bits per heavy atom. The molecule has 2 amide bonds. The van der Waals surface area contributed by atoms with Gasteiger partial charge in [0, 0.05) is 6.42 Å². The summed E-state index contributed by atoms with van der Waals surface area (Å²) in [5.74, 6) is -0.367. The van der Waals surface area contributed by atoms with Crippen LogP contribution in [-0.4, -0.2) is 18.5 Å². The smallest absolute Gasteiger partial charge is 0.414 e. The van der Waals surface area contributed by atoms with Crippen molar-refractivity contribution in [3.63, 3.8) is 0 Å². The lowest BCUT2D eigenvalue weighted by atomic mass is 10.2. The number of nitrogens with one attached hydrogen (secondary N) is 1. The molecule has 0 unspecified atom stereocenters. The quantitative estimate of drug-likeness (QED) is 0.804. The van der Waals surface area contributed by atoms with Gasteiger partial charge >= 0.3 is 6.09 Å². The zero-order chi connectivity index (χ0) is 12.5. The van der Waals surface area contributed by atoms with Crippen LogP contribution in [0, 0.1) is 0 Å². The van der Waals surface area contributed by atoms with Crippen molar-refractivity contribution in [3.8, 4) is 0 Å². The van der Waals surface area contributed by atoms with Crippen LogP contribution in [0.5, 0.6) is 0 Å². The number of alkyl carbamates (subject to hydrolysis) is 1. The highest BCUT2D eigenvalue weighted by Gasteiger charge is 2.07. The molecule has 3 N–H and O–H groups in total.